The predicted octanol–water partition coefficient (Wildman–Crippen LogP) is 4.69. The van der Waals surface area contributed by atoms with Crippen LogP contribution < -0.4 is 4.74 Å². The van der Waals surface area contributed by atoms with Crippen LogP contribution in [0.25, 0.3) is 17.1 Å². The van der Waals surface area contributed by atoms with E-state index in [1.807, 2.05) is 19.1 Å². The third kappa shape index (κ3) is 3.44. The van der Waals surface area contributed by atoms with Gasteiger partial charge in [0, 0.05) is 35.2 Å². The van der Waals surface area contributed by atoms with E-state index in [9.17, 15) is 8.78 Å². The van der Waals surface area contributed by atoms with Gasteiger partial charge in [0.05, 0.1) is 0 Å². The Morgan fingerprint density at radius 1 is 1.11 bits per heavy atom. The number of imidazole rings is 1. The fourth-order valence-electron chi connectivity index (χ4n) is 2.73. The van der Waals surface area contributed by atoms with Crippen molar-refractivity contribution in [1.82, 2.24) is 14.7 Å². The van der Waals surface area contributed by atoms with E-state index < -0.39 is 11.6 Å². The highest BCUT2D eigenvalue weighted by atomic mass is 19.1. The van der Waals surface area contributed by atoms with Gasteiger partial charge < -0.3 is 9.26 Å². The van der Waals surface area contributed by atoms with Crippen LogP contribution in [-0.2, 0) is 6.61 Å². The Morgan fingerprint density at radius 3 is 2.63 bits per heavy atom. The third-order valence-corrected chi connectivity index (χ3v) is 4.18. The Hall–Kier alpha value is -3.48. The van der Waals surface area contributed by atoms with Crippen molar-refractivity contribution < 1.29 is 18.0 Å². The molecule has 0 unspecified atom stereocenters. The van der Waals surface area contributed by atoms with E-state index in [4.69, 9.17) is 9.26 Å². The molecular formula is C20H15F2N3O2. The molecule has 0 aliphatic carbocycles. The molecule has 2 heterocycles. The SMILES string of the molecule is Cc1c(-c2ccc(OCc3ccc(F)cc3F)cc2)noc1-n1ccnc1. The zero-order chi connectivity index (χ0) is 18.8. The lowest BCUT2D eigenvalue weighted by Crippen LogP contribution is -1.99. The molecule has 0 bridgehead atoms. The second-order valence-corrected chi connectivity index (χ2v) is 5.98. The van der Waals surface area contributed by atoms with E-state index in [-0.39, 0.29) is 12.2 Å². The fourth-order valence-corrected chi connectivity index (χ4v) is 2.73. The van der Waals surface area contributed by atoms with Crippen molar-refractivity contribution in [2.24, 2.45) is 0 Å². The summed E-state index contributed by atoms with van der Waals surface area (Å²) in [7, 11) is 0. The lowest BCUT2D eigenvalue weighted by Gasteiger charge is -2.08. The van der Waals surface area contributed by atoms with Crippen LogP contribution in [0.3, 0.4) is 0 Å². The molecule has 0 N–H and O–H groups in total. The molecule has 2 aromatic heterocycles. The highest BCUT2D eigenvalue weighted by Gasteiger charge is 2.15. The van der Waals surface area contributed by atoms with Crippen LogP contribution in [0.5, 0.6) is 5.75 Å². The lowest BCUT2D eigenvalue weighted by atomic mass is 10.1. The van der Waals surface area contributed by atoms with E-state index in [0.29, 0.717) is 11.6 Å². The predicted molar refractivity (Wildman–Crippen MR) is 94.5 cm³/mol. The molecule has 136 valence electrons. The first-order chi connectivity index (χ1) is 13.1. The van der Waals surface area contributed by atoms with Crippen molar-refractivity contribution >= 4 is 0 Å². The maximum absolute atomic E-state index is 13.7. The van der Waals surface area contributed by atoms with E-state index in [0.717, 1.165) is 22.9 Å². The zero-order valence-electron chi connectivity index (χ0n) is 14.4. The average Bonchev–Trinajstić information content (AvgIpc) is 3.31. The molecule has 0 atom stereocenters. The second kappa shape index (κ2) is 7.03. The number of ether oxygens (including phenoxy) is 1. The summed E-state index contributed by atoms with van der Waals surface area (Å²) in [6, 6.07) is 10.6. The van der Waals surface area contributed by atoms with Crippen molar-refractivity contribution in [3.63, 3.8) is 0 Å². The summed E-state index contributed by atoms with van der Waals surface area (Å²) in [5.74, 6) is -0.0661. The molecule has 0 aliphatic rings. The first-order valence-corrected chi connectivity index (χ1v) is 8.23. The summed E-state index contributed by atoms with van der Waals surface area (Å²) >= 11 is 0. The average molecular weight is 367 g/mol. The van der Waals surface area contributed by atoms with Crippen LogP contribution >= 0.6 is 0 Å². The Labute approximate surface area is 153 Å². The van der Waals surface area contributed by atoms with Crippen LogP contribution in [-0.4, -0.2) is 14.7 Å². The number of hydrogen-bond donors (Lipinski definition) is 0. The summed E-state index contributed by atoms with van der Waals surface area (Å²) in [5.41, 5.74) is 2.76. The minimum absolute atomic E-state index is 0.0131. The van der Waals surface area contributed by atoms with Crippen LogP contribution in [0, 0.1) is 18.6 Å². The molecule has 0 fully saturated rings. The van der Waals surface area contributed by atoms with Crippen LogP contribution in [0.4, 0.5) is 8.78 Å². The number of benzene rings is 2. The van der Waals surface area contributed by atoms with Crippen molar-refractivity contribution in [2.75, 3.05) is 0 Å². The van der Waals surface area contributed by atoms with Crippen molar-refractivity contribution in [1.29, 1.82) is 0 Å². The van der Waals surface area contributed by atoms with Gasteiger partial charge in [-0.15, -0.1) is 0 Å². The minimum Gasteiger partial charge on any atom is -0.489 e. The molecule has 0 saturated heterocycles. The van der Waals surface area contributed by atoms with Gasteiger partial charge in [0.15, 0.2) is 0 Å². The summed E-state index contributed by atoms with van der Waals surface area (Å²) in [5, 5.41) is 4.14. The highest BCUT2D eigenvalue weighted by molar-refractivity contribution is 5.65. The number of nitrogens with zero attached hydrogens (tertiary/aromatic N) is 3. The van der Waals surface area contributed by atoms with Crippen molar-refractivity contribution in [3.8, 4) is 22.9 Å². The minimum atomic E-state index is -0.628. The summed E-state index contributed by atoms with van der Waals surface area (Å²) in [6.07, 6.45) is 5.09. The van der Waals surface area contributed by atoms with Gasteiger partial charge in [-0.1, -0.05) is 5.16 Å². The molecule has 5 nitrogen and oxygen atoms in total. The van der Waals surface area contributed by atoms with E-state index >= 15 is 0 Å². The summed E-state index contributed by atoms with van der Waals surface area (Å²) in [4.78, 5) is 4.00. The smallest absolute Gasteiger partial charge is 0.240 e. The standard InChI is InChI=1S/C20H15F2N3O2/c1-13-19(24-27-20(13)25-9-8-23-12-25)14-3-6-17(7-4-14)26-11-15-2-5-16(21)10-18(15)22/h2-10,12H,11H2,1H3. The Balaban J connectivity index is 1.49. The zero-order valence-corrected chi connectivity index (χ0v) is 14.4. The molecule has 0 radical (unpaired) electrons. The van der Waals surface area contributed by atoms with Crippen LogP contribution in [0.1, 0.15) is 11.1 Å². The quantitative estimate of drug-likeness (QED) is 0.513. The van der Waals surface area contributed by atoms with Crippen molar-refractivity contribution in [2.45, 2.75) is 13.5 Å². The lowest BCUT2D eigenvalue weighted by molar-refractivity contribution is 0.299. The van der Waals surface area contributed by atoms with Gasteiger partial charge >= 0.3 is 0 Å². The maximum Gasteiger partial charge on any atom is 0.240 e. The van der Waals surface area contributed by atoms with E-state index in [1.54, 1.807) is 35.4 Å². The number of rotatable bonds is 5. The molecule has 4 rings (SSSR count). The fraction of sp³-hybridized carbons (Fsp3) is 0.100. The van der Waals surface area contributed by atoms with E-state index in [1.165, 1.54) is 12.1 Å². The monoisotopic (exact) mass is 367 g/mol. The van der Waals surface area contributed by atoms with Gasteiger partial charge in [-0.2, -0.15) is 0 Å². The van der Waals surface area contributed by atoms with E-state index in [2.05, 4.69) is 10.1 Å². The van der Waals surface area contributed by atoms with Gasteiger partial charge in [-0.25, -0.2) is 13.8 Å². The normalized spacial score (nSPS) is 10.9. The van der Waals surface area contributed by atoms with Gasteiger partial charge in [-0.3, -0.25) is 4.57 Å². The maximum atomic E-state index is 13.7. The number of hydrogen-bond acceptors (Lipinski definition) is 4. The molecule has 2 aromatic carbocycles. The number of aromatic nitrogens is 3. The molecule has 0 aliphatic heterocycles. The van der Waals surface area contributed by atoms with Crippen molar-refractivity contribution in [3.05, 3.63) is 83.9 Å². The summed E-state index contributed by atoms with van der Waals surface area (Å²) in [6.45, 7) is 1.93. The molecule has 0 amide bonds. The summed E-state index contributed by atoms with van der Waals surface area (Å²) < 4.78 is 39.3. The Bertz CT molecular complexity index is 1060. The van der Waals surface area contributed by atoms with Crippen LogP contribution in [0.2, 0.25) is 0 Å². The Morgan fingerprint density at radius 2 is 1.93 bits per heavy atom. The first kappa shape index (κ1) is 17.0. The molecular weight excluding hydrogens is 352 g/mol. The molecule has 0 spiro atoms. The molecule has 7 heteroatoms. The van der Waals surface area contributed by atoms with Gasteiger partial charge in [0.1, 0.15) is 36.0 Å². The van der Waals surface area contributed by atoms with Crippen LogP contribution in [0.15, 0.2) is 65.7 Å². The first-order valence-electron chi connectivity index (χ1n) is 8.23. The molecule has 4 aromatic rings. The molecule has 27 heavy (non-hydrogen) atoms. The second-order valence-electron chi connectivity index (χ2n) is 5.98. The molecule has 0 saturated carbocycles. The highest BCUT2D eigenvalue weighted by Crippen LogP contribution is 2.28. The van der Waals surface area contributed by atoms with Gasteiger partial charge in [0.25, 0.3) is 0 Å². The Kier molecular flexibility index (Phi) is 4.42. The van der Waals surface area contributed by atoms with Gasteiger partial charge in [-0.05, 0) is 43.3 Å². The van der Waals surface area contributed by atoms with Gasteiger partial charge in [0.2, 0.25) is 5.88 Å². The largest absolute Gasteiger partial charge is 0.489 e. The topological polar surface area (TPSA) is 53.1 Å². The number of halogens is 2. The third-order valence-electron chi connectivity index (χ3n) is 4.18.